The molecule has 1 aliphatic heterocycles. The van der Waals surface area contributed by atoms with Gasteiger partial charge in [0.2, 0.25) is 0 Å². The smallest absolute Gasteiger partial charge is 0.252 e. The maximum Gasteiger partial charge on any atom is 0.252 e. The third-order valence-electron chi connectivity index (χ3n) is 4.45. The van der Waals surface area contributed by atoms with E-state index in [1.54, 1.807) is 10.4 Å². The van der Waals surface area contributed by atoms with Crippen LogP contribution in [0, 0.1) is 6.92 Å². The van der Waals surface area contributed by atoms with E-state index in [9.17, 15) is 8.42 Å². The van der Waals surface area contributed by atoms with E-state index in [-0.39, 0.29) is 0 Å². The van der Waals surface area contributed by atoms with Crippen molar-refractivity contribution < 1.29 is 8.42 Å². The number of anilines is 1. The first-order valence-electron chi connectivity index (χ1n) is 8.30. The van der Waals surface area contributed by atoms with E-state index in [0.29, 0.717) is 23.2 Å². The lowest BCUT2D eigenvalue weighted by Gasteiger charge is -2.36. The molecule has 0 unspecified atom stereocenters. The summed E-state index contributed by atoms with van der Waals surface area (Å²) in [4.78, 5) is 3.33. The molecular weight excluding hydrogens is 340 g/mol. The Labute approximate surface area is 148 Å². The predicted molar refractivity (Wildman–Crippen MR) is 101 cm³/mol. The largest absolute Gasteiger partial charge is 0.369 e. The Morgan fingerprint density at radius 3 is 2.25 bits per heavy atom. The van der Waals surface area contributed by atoms with Gasteiger partial charge in [-0.15, -0.1) is 11.3 Å². The monoisotopic (exact) mass is 364 g/mol. The molecule has 3 rings (SSSR count). The Hall–Kier alpha value is -1.37. The zero-order valence-electron chi connectivity index (χ0n) is 14.4. The van der Waals surface area contributed by atoms with Gasteiger partial charge < -0.3 is 4.90 Å². The molecule has 1 aliphatic rings. The molecule has 1 aromatic heterocycles. The van der Waals surface area contributed by atoms with E-state index in [2.05, 4.69) is 43.0 Å². The Morgan fingerprint density at radius 2 is 1.67 bits per heavy atom. The number of thiophene rings is 1. The zero-order chi connectivity index (χ0) is 17.3. The van der Waals surface area contributed by atoms with E-state index < -0.39 is 10.0 Å². The van der Waals surface area contributed by atoms with Crippen molar-refractivity contribution in [2.45, 2.75) is 30.9 Å². The number of hydrogen-bond acceptors (Lipinski definition) is 4. The summed E-state index contributed by atoms with van der Waals surface area (Å²) in [5.74, 6) is 0.456. The average Bonchev–Trinajstić information content (AvgIpc) is 3.02. The summed E-state index contributed by atoms with van der Waals surface area (Å²) in [6, 6.07) is 12.0. The number of nitrogens with zero attached hydrogens (tertiary/aromatic N) is 2. The number of para-hydroxylation sites is 1. The van der Waals surface area contributed by atoms with Crippen LogP contribution in [0.25, 0.3) is 0 Å². The van der Waals surface area contributed by atoms with E-state index in [1.165, 1.54) is 22.6 Å². The summed E-state index contributed by atoms with van der Waals surface area (Å²) < 4.78 is 27.5. The highest BCUT2D eigenvalue weighted by molar-refractivity contribution is 7.91. The Bertz CT molecular complexity index is 804. The number of aryl methyl sites for hydroxylation is 1. The first-order valence-corrected chi connectivity index (χ1v) is 10.6. The van der Waals surface area contributed by atoms with Crippen LogP contribution in [0.4, 0.5) is 5.69 Å². The van der Waals surface area contributed by atoms with E-state index in [0.717, 1.165) is 18.0 Å². The first kappa shape index (κ1) is 17.5. The highest BCUT2D eigenvalue weighted by Gasteiger charge is 2.30. The molecule has 2 heterocycles. The molecule has 24 heavy (non-hydrogen) atoms. The van der Waals surface area contributed by atoms with Crippen molar-refractivity contribution in [2.24, 2.45) is 0 Å². The van der Waals surface area contributed by atoms with Crippen LogP contribution in [-0.2, 0) is 10.0 Å². The second-order valence-electron chi connectivity index (χ2n) is 6.47. The van der Waals surface area contributed by atoms with Gasteiger partial charge in [-0.05, 0) is 36.6 Å². The molecule has 0 saturated carbocycles. The predicted octanol–water partition coefficient (Wildman–Crippen LogP) is 3.69. The maximum absolute atomic E-state index is 12.7. The SMILES string of the molecule is Cc1ccc(S(=O)(=O)N2CCN(c3ccccc3C(C)C)CC2)s1. The minimum Gasteiger partial charge on any atom is -0.369 e. The van der Waals surface area contributed by atoms with Gasteiger partial charge in [0.25, 0.3) is 10.0 Å². The standard InChI is InChI=1S/C18H24N2O2S2/c1-14(2)16-6-4-5-7-17(16)19-10-12-20(13-11-19)24(21,22)18-9-8-15(3)23-18/h4-9,14H,10-13H2,1-3H3. The van der Waals surface area contributed by atoms with Crippen LogP contribution in [-0.4, -0.2) is 38.9 Å². The molecule has 0 N–H and O–H groups in total. The summed E-state index contributed by atoms with van der Waals surface area (Å²) in [5.41, 5.74) is 2.55. The molecule has 0 amide bonds. The van der Waals surface area contributed by atoms with Gasteiger partial charge in [-0.3, -0.25) is 0 Å². The zero-order valence-corrected chi connectivity index (χ0v) is 16.0. The summed E-state index contributed by atoms with van der Waals surface area (Å²) in [5, 5.41) is 0. The molecule has 1 saturated heterocycles. The van der Waals surface area contributed by atoms with Crippen LogP contribution in [0.3, 0.4) is 0 Å². The van der Waals surface area contributed by atoms with Crippen molar-refractivity contribution in [2.75, 3.05) is 31.1 Å². The third-order valence-corrected chi connectivity index (χ3v) is 7.81. The molecule has 0 spiro atoms. The van der Waals surface area contributed by atoms with Crippen LogP contribution >= 0.6 is 11.3 Å². The van der Waals surface area contributed by atoms with Crippen LogP contribution in [0.5, 0.6) is 0 Å². The van der Waals surface area contributed by atoms with Crippen LogP contribution in [0.2, 0.25) is 0 Å². The van der Waals surface area contributed by atoms with Gasteiger partial charge >= 0.3 is 0 Å². The molecule has 130 valence electrons. The van der Waals surface area contributed by atoms with Gasteiger partial charge in [0.15, 0.2) is 0 Å². The number of benzene rings is 1. The lowest BCUT2D eigenvalue weighted by molar-refractivity contribution is 0.385. The maximum atomic E-state index is 12.7. The quantitative estimate of drug-likeness (QED) is 0.831. The van der Waals surface area contributed by atoms with Gasteiger partial charge in [-0.2, -0.15) is 4.31 Å². The number of rotatable bonds is 4. The Kier molecular flexibility index (Phi) is 4.99. The van der Waals surface area contributed by atoms with Gasteiger partial charge in [0.05, 0.1) is 0 Å². The topological polar surface area (TPSA) is 40.6 Å². The second-order valence-corrected chi connectivity index (χ2v) is 9.92. The third kappa shape index (κ3) is 3.36. The summed E-state index contributed by atoms with van der Waals surface area (Å²) in [6.07, 6.45) is 0. The lowest BCUT2D eigenvalue weighted by Crippen LogP contribution is -2.48. The fraction of sp³-hybridized carbons (Fsp3) is 0.444. The molecule has 1 aromatic carbocycles. The number of sulfonamides is 1. The van der Waals surface area contributed by atoms with Crippen molar-refractivity contribution in [3.05, 3.63) is 46.8 Å². The summed E-state index contributed by atoms with van der Waals surface area (Å²) in [7, 11) is -3.35. The first-order chi connectivity index (χ1) is 11.4. The molecular formula is C18H24N2O2S2. The molecule has 1 fully saturated rings. The van der Waals surface area contributed by atoms with Crippen LogP contribution < -0.4 is 4.90 Å². The van der Waals surface area contributed by atoms with E-state index >= 15 is 0 Å². The second kappa shape index (κ2) is 6.86. The minimum absolute atomic E-state index is 0.455. The van der Waals surface area contributed by atoms with Crippen molar-refractivity contribution in [3.63, 3.8) is 0 Å². The summed E-state index contributed by atoms with van der Waals surface area (Å²) in [6.45, 7) is 8.85. The fourth-order valence-electron chi connectivity index (χ4n) is 3.11. The van der Waals surface area contributed by atoms with Crippen molar-refractivity contribution in [1.82, 2.24) is 4.31 Å². The lowest BCUT2D eigenvalue weighted by atomic mass is 10.00. The number of piperazine rings is 1. The fourth-order valence-corrected chi connectivity index (χ4v) is 5.97. The van der Waals surface area contributed by atoms with Crippen molar-refractivity contribution in [3.8, 4) is 0 Å². The highest BCUT2D eigenvalue weighted by Crippen LogP contribution is 2.30. The Morgan fingerprint density at radius 1 is 1.00 bits per heavy atom. The van der Waals surface area contributed by atoms with Crippen molar-refractivity contribution >= 4 is 27.0 Å². The van der Waals surface area contributed by atoms with Gasteiger partial charge in [0, 0.05) is 36.7 Å². The minimum atomic E-state index is -3.35. The molecule has 0 aliphatic carbocycles. The van der Waals surface area contributed by atoms with Crippen molar-refractivity contribution in [1.29, 1.82) is 0 Å². The number of hydrogen-bond donors (Lipinski definition) is 0. The van der Waals surface area contributed by atoms with Crippen LogP contribution in [0.1, 0.15) is 30.2 Å². The van der Waals surface area contributed by atoms with E-state index in [1.807, 2.05) is 13.0 Å². The highest BCUT2D eigenvalue weighted by atomic mass is 32.2. The van der Waals surface area contributed by atoms with Crippen LogP contribution in [0.15, 0.2) is 40.6 Å². The molecule has 0 atom stereocenters. The normalized spacial score (nSPS) is 16.8. The average molecular weight is 365 g/mol. The molecule has 4 nitrogen and oxygen atoms in total. The summed E-state index contributed by atoms with van der Waals surface area (Å²) >= 11 is 1.35. The molecule has 2 aromatic rings. The molecule has 0 bridgehead atoms. The van der Waals surface area contributed by atoms with Gasteiger partial charge in [0.1, 0.15) is 4.21 Å². The molecule has 0 radical (unpaired) electrons. The van der Waals surface area contributed by atoms with Gasteiger partial charge in [-0.1, -0.05) is 32.0 Å². The molecule has 6 heteroatoms. The van der Waals surface area contributed by atoms with Gasteiger partial charge in [-0.25, -0.2) is 8.42 Å². The Balaban J connectivity index is 1.75. The van der Waals surface area contributed by atoms with E-state index in [4.69, 9.17) is 0 Å².